The second-order valence-corrected chi connectivity index (χ2v) is 8.80. The lowest BCUT2D eigenvalue weighted by atomic mass is 9.83. The molecule has 0 aliphatic carbocycles. The monoisotopic (exact) mass is 505 g/mol. The first-order valence-electron chi connectivity index (χ1n) is 11.2. The topological polar surface area (TPSA) is 58.6 Å². The van der Waals surface area contributed by atoms with Crippen LogP contribution in [0.15, 0.2) is 66.7 Å². The van der Waals surface area contributed by atoms with Crippen molar-refractivity contribution < 1.29 is 27.8 Å². The quantitative estimate of drug-likeness (QED) is 0.297. The number of benzene rings is 3. The maximum Gasteiger partial charge on any atom is 0.573 e. The van der Waals surface area contributed by atoms with Crippen molar-refractivity contribution in [2.24, 2.45) is 0 Å². The number of ether oxygens (including phenoxy) is 1. The molecule has 0 saturated carbocycles. The molecule has 0 bridgehead atoms. The van der Waals surface area contributed by atoms with Gasteiger partial charge < -0.3 is 15.2 Å². The molecule has 0 aliphatic rings. The van der Waals surface area contributed by atoms with Crippen LogP contribution in [-0.4, -0.2) is 17.4 Å². The molecule has 186 valence electrons. The van der Waals surface area contributed by atoms with Gasteiger partial charge in [0.15, 0.2) is 0 Å². The standard InChI is InChI=1S/C27H27ClF3NO3/c1-3-4-24(18-5-7-20(8-6-18)26(33)34)25(32-16-21-9-12-22(28)15-17(21)2)19-10-13-23(14-11-19)35-27(29,30)31/h5-15,24-25,32H,3-4,16H2,1-2H3,(H,33,34). The van der Waals surface area contributed by atoms with Crippen molar-refractivity contribution in [3.05, 3.63) is 99.6 Å². The van der Waals surface area contributed by atoms with E-state index in [4.69, 9.17) is 11.6 Å². The Bertz CT molecular complexity index is 1130. The Balaban J connectivity index is 1.96. The normalized spacial score (nSPS) is 13.3. The van der Waals surface area contributed by atoms with Crippen molar-refractivity contribution in [2.75, 3.05) is 0 Å². The van der Waals surface area contributed by atoms with Crippen LogP contribution >= 0.6 is 11.6 Å². The Morgan fingerprint density at radius 1 is 1.03 bits per heavy atom. The first kappa shape index (κ1) is 26.6. The lowest BCUT2D eigenvalue weighted by Crippen LogP contribution is -2.27. The number of carboxylic acid groups (broad SMARTS) is 1. The van der Waals surface area contributed by atoms with Gasteiger partial charge in [-0.15, -0.1) is 13.2 Å². The van der Waals surface area contributed by atoms with Gasteiger partial charge in [-0.1, -0.05) is 55.3 Å². The molecule has 4 nitrogen and oxygen atoms in total. The Morgan fingerprint density at radius 2 is 1.66 bits per heavy atom. The maximum atomic E-state index is 12.6. The fourth-order valence-corrected chi connectivity index (χ4v) is 4.38. The minimum absolute atomic E-state index is 0.0511. The summed E-state index contributed by atoms with van der Waals surface area (Å²) in [5, 5.41) is 13.5. The molecule has 2 unspecified atom stereocenters. The van der Waals surface area contributed by atoms with Gasteiger partial charge in [0.05, 0.1) is 5.56 Å². The maximum absolute atomic E-state index is 12.6. The number of rotatable bonds is 10. The van der Waals surface area contributed by atoms with Gasteiger partial charge in [0.2, 0.25) is 0 Å². The average Bonchev–Trinajstić information content (AvgIpc) is 2.79. The summed E-state index contributed by atoms with van der Waals surface area (Å²) in [6.45, 7) is 4.54. The highest BCUT2D eigenvalue weighted by atomic mass is 35.5. The Hall–Kier alpha value is -3.03. The lowest BCUT2D eigenvalue weighted by Gasteiger charge is -2.30. The molecule has 35 heavy (non-hydrogen) atoms. The third-order valence-electron chi connectivity index (χ3n) is 5.88. The molecule has 0 amide bonds. The van der Waals surface area contributed by atoms with Crippen molar-refractivity contribution >= 4 is 17.6 Å². The van der Waals surface area contributed by atoms with Crippen LogP contribution in [0.4, 0.5) is 13.2 Å². The van der Waals surface area contributed by atoms with Crippen LogP contribution in [0.1, 0.15) is 64.3 Å². The van der Waals surface area contributed by atoms with Gasteiger partial charge in [0.1, 0.15) is 5.75 Å². The molecule has 0 spiro atoms. The Labute approximate surface area is 207 Å². The fraction of sp³-hybridized carbons (Fsp3) is 0.296. The smallest absolute Gasteiger partial charge is 0.478 e. The Kier molecular flexibility index (Phi) is 8.81. The summed E-state index contributed by atoms with van der Waals surface area (Å²) in [5.74, 6) is -1.34. The van der Waals surface area contributed by atoms with E-state index in [-0.39, 0.29) is 23.3 Å². The fourth-order valence-electron chi connectivity index (χ4n) is 4.16. The molecule has 0 saturated heterocycles. The number of carbonyl (C=O) groups is 1. The van der Waals surface area contributed by atoms with E-state index in [2.05, 4.69) is 17.0 Å². The number of hydrogen-bond donors (Lipinski definition) is 2. The molecule has 3 aromatic carbocycles. The van der Waals surface area contributed by atoms with Crippen LogP contribution in [0.5, 0.6) is 5.75 Å². The summed E-state index contributed by atoms with van der Waals surface area (Å²) >= 11 is 6.09. The van der Waals surface area contributed by atoms with Crippen molar-refractivity contribution in [1.82, 2.24) is 5.32 Å². The number of nitrogens with one attached hydrogen (secondary N) is 1. The minimum atomic E-state index is -4.76. The largest absolute Gasteiger partial charge is 0.573 e. The summed E-state index contributed by atoms with van der Waals surface area (Å²) in [6, 6.07) is 18.0. The van der Waals surface area contributed by atoms with E-state index in [1.807, 2.05) is 25.1 Å². The third kappa shape index (κ3) is 7.47. The van der Waals surface area contributed by atoms with Gasteiger partial charge in [-0.2, -0.15) is 0 Å². The zero-order valence-corrected chi connectivity index (χ0v) is 20.2. The number of aromatic carboxylic acids is 1. The summed E-state index contributed by atoms with van der Waals surface area (Å²) in [5.41, 5.74) is 4.01. The molecule has 0 fully saturated rings. The van der Waals surface area contributed by atoms with Gasteiger partial charge in [0, 0.05) is 23.5 Å². The van der Waals surface area contributed by atoms with Crippen LogP contribution in [-0.2, 0) is 6.54 Å². The molecule has 0 aromatic heterocycles. The molecule has 3 aromatic rings. The van der Waals surface area contributed by atoms with Gasteiger partial charge in [-0.3, -0.25) is 0 Å². The average molecular weight is 506 g/mol. The number of alkyl halides is 3. The van der Waals surface area contributed by atoms with E-state index < -0.39 is 12.3 Å². The van der Waals surface area contributed by atoms with Crippen LogP contribution in [0.3, 0.4) is 0 Å². The molecular formula is C27H27ClF3NO3. The van der Waals surface area contributed by atoms with Crippen LogP contribution in [0, 0.1) is 6.92 Å². The van der Waals surface area contributed by atoms with E-state index in [9.17, 15) is 23.1 Å². The van der Waals surface area contributed by atoms with Gasteiger partial charge >= 0.3 is 12.3 Å². The molecule has 3 rings (SSSR count). The second kappa shape index (κ2) is 11.6. The van der Waals surface area contributed by atoms with E-state index in [1.165, 1.54) is 12.1 Å². The van der Waals surface area contributed by atoms with Crippen molar-refractivity contribution in [1.29, 1.82) is 0 Å². The number of carboxylic acids is 1. The zero-order valence-electron chi connectivity index (χ0n) is 19.4. The van der Waals surface area contributed by atoms with E-state index >= 15 is 0 Å². The van der Waals surface area contributed by atoms with Gasteiger partial charge in [-0.25, -0.2) is 4.79 Å². The second-order valence-electron chi connectivity index (χ2n) is 8.37. The predicted octanol–water partition coefficient (Wildman–Crippen LogP) is 7.66. The molecule has 0 radical (unpaired) electrons. The summed E-state index contributed by atoms with van der Waals surface area (Å²) < 4.78 is 41.9. The van der Waals surface area contributed by atoms with E-state index in [0.29, 0.717) is 11.6 Å². The summed E-state index contributed by atoms with van der Waals surface area (Å²) in [7, 11) is 0. The highest BCUT2D eigenvalue weighted by Gasteiger charge is 2.31. The molecule has 8 heteroatoms. The highest BCUT2D eigenvalue weighted by Crippen LogP contribution is 2.36. The SMILES string of the molecule is CCCC(c1ccc(C(=O)O)cc1)C(NCc1ccc(Cl)cc1C)c1ccc(OC(F)(F)F)cc1. The summed E-state index contributed by atoms with van der Waals surface area (Å²) in [6.07, 6.45) is -3.12. The van der Waals surface area contributed by atoms with Gasteiger partial charge in [0.25, 0.3) is 0 Å². The Morgan fingerprint density at radius 3 is 2.20 bits per heavy atom. The molecule has 2 atom stereocenters. The van der Waals surface area contributed by atoms with E-state index in [0.717, 1.165) is 35.1 Å². The van der Waals surface area contributed by atoms with Crippen LogP contribution in [0.25, 0.3) is 0 Å². The van der Waals surface area contributed by atoms with Crippen molar-refractivity contribution in [2.45, 2.75) is 51.6 Å². The first-order chi connectivity index (χ1) is 16.6. The van der Waals surface area contributed by atoms with Crippen molar-refractivity contribution in [3.8, 4) is 5.75 Å². The zero-order chi connectivity index (χ0) is 25.6. The molecular weight excluding hydrogens is 479 g/mol. The number of halogens is 4. The van der Waals surface area contributed by atoms with E-state index in [1.54, 1.807) is 36.4 Å². The highest BCUT2D eigenvalue weighted by molar-refractivity contribution is 6.30. The summed E-state index contributed by atoms with van der Waals surface area (Å²) in [4.78, 5) is 11.3. The molecule has 2 N–H and O–H groups in total. The molecule has 0 heterocycles. The first-order valence-corrected chi connectivity index (χ1v) is 11.6. The third-order valence-corrected chi connectivity index (χ3v) is 6.11. The van der Waals surface area contributed by atoms with Crippen LogP contribution < -0.4 is 10.1 Å². The van der Waals surface area contributed by atoms with Crippen molar-refractivity contribution in [3.63, 3.8) is 0 Å². The van der Waals surface area contributed by atoms with Crippen LogP contribution in [0.2, 0.25) is 5.02 Å². The molecule has 0 aliphatic heterocycles. The number of aryl methyl sites for hydroxylation is 1. The predicted molar refractivity (Wildman–Crippen MR) is 130 cm³/mol. The number of hydrogen-bond acceptors (Lipinski definition) is 3. The van der Waals surface area contributed by atoms with Gasteiger partial charge in [-0.05, 0) is 72.0 Å². The lowest BCUT2D eigenvalue weighted by molar-refractivity contribution is -0.274. The minimum Gasteiger partial charge on any atom is -0.478 e.